The fourth-order valence-corrected chi connectivity index (χ4v) is 12.9. The minimum absolute atomic E-state index is 0. The van der Waals surface area contributed by atoms with Gasteiger partial charge in [-0.15, -0.1) is 0 Å². The molecule has 0 aliphatic heterocycles. The predicted molar refractivity (Wildman–Crippen MR) is 428 cm³/mol. The van der Waals surface area contributed by atoms with Gasteiger partial charge in [0.2, 0.25) is 17.3 Å². The number of thiol groups is 1. The number of aryl methyl sites for hydroxylation is 6. The van der Waals surface area contributed by atoms with E-state index in [-0.39, 0.29) is 84.3 Å². The number of carboxylic acids is 1. The summed E-state index contributed by atoms with van der Waals surface area (Å²) in [6.07, 6.45) is 0. The van der Waals surface area contributed by atoms with Crippen LogP contribution in [0.4, 0.5) is 5.88 Å². The average molecular weight is 1720 g/mol. The number of carboxylic acid groups (broad SMARTS) is 1. The molecule has 11 aromatic rings. The Labute approximate surface area is 707 Å². The van der Waals surface area contributed by atoms with E-state index < -0.39 is 34.0 Å². The summed E-state index contributed by atoms with van der Waals surface area (Å²) in [7, 11) is 2.50. The molecule has 11 rings (SSSR count). The van der Waals surface area contributed by atoms with Gasteiger partial charge in [0.25, 0.3) is 5.24 Å². The number of hydrogen-bond donors (Lipinski definition) is 4. The molecule has 0 unspecified atom stereocenters. The van der Waals surface area contributed by atoms with Crippen molar-refractivity contribution in [2.24, 2.45) is 5.73 Å². The molecule has 6 aromatic heterocycles. The Balaban J connectivity index is 0.000000648. The first kappa shape index (κ1) is 96.7. The van der Waals surface area contributed by atoms with Crippen LogP contribution in [0.3, 0.4) is 0 Å². The predicted octanol–water partition coefficient (Wildman–Crippen LogP) is 15.6. The molecule has 6 heterocycles. The summed E-state index contributed by atoms with van der Waals surface area (Å²) in [5, 5.41) is 32.3. The summed E-state index contributed by atoms with van der Waals surface area (Å²) in [6, 6.07) is 56.8. The van der Waals surface area contributed by atoms with Crippen molar-refractivity contribution in [3.8, 4) is 0 Å². The number of thioether (sulfide) groups is 4. The number of nitro groups is 1. The Bertz CT molecular complexity index is 4670. The fraction of sp³-hybridized carbons (Fsp3) is 0.208. The van der Waals surface area contributed by atoms with E-state index in [1.807, 2.05) is 80.6 Å². The van der Waals surface area contributed by atoms with Crippen LogP contribution in [0, 0.1) is 64.0 Å². The number of benzene rings is 5. The van der Waals surface area contributed by atoms with Crippen molar-refractivity contribution in [3.63, 3.8) is 0 Å². The molecule has 0 amide bonds. The first-order valence-electron chi connectivity index (χ1n) is 31.6. The normalized spacial score (nSPS) is 10.2. The van der Waals surface area contributed by atoms with Gasteiger partial charge in [0.1, 0.15) is 4.92 Å². The van der Waals surface area contributed by atoms with E-state index in [0.717, 1.165) is 68.0 Å². The molecule has 0 saturated heterocycles. The van der Waals surface area contributed by atoms with Crippen LogP contribution in [-0.4, -0.2) is 74.3 Å². The second kappa shape index (κ2) is 50.4. The van der Waals surface area contributed by atoms with Crippen LogP contribution in [-0.2, 0) is 38.2 Å². The summed E-state index contributed by atoms with van der Waals surface area (Å²) in [4.78, 5) is 65.3. The molecule has 5 N–H and O–H groups in total. The van der Waals surface area contributed by atoms with Crippen LogP contribution in [0.1, 0.15) is 135 Å². The largest absolute Gasteiger partial charge is 1.00 e. The van der Waals surface area contributed by atoms with Gasteiger partial charge in [-0.05, 0) is 216 Å². The summed E-state index contributed by atoms with van der Waals surface area (Å²) in [5.74, 6) is 1.64. The monoisotopic (exact) mass is 1710 g/mol. The van der Waals surface area contributed by atoms with Gasteiger partial charge in [-0.3, -0.25) is 19.7 Å². The molecular weight excluding hydrogens is 1640 g/mol. The Kier molecular flexibility index (Phi) is 45.2. The molecule has 0 radical (unpaired) electrons. The Hall–Kier alpha value is -7.37. The Morgan fingerprint density at radius 2 is 0.880 bits per heavy atom. The third-order valence-corrected chi connectivity index (χ3v) is 21.2. The number of carbonyl (C=O) groups excluding carboxylic acids is 4. The molecule has 0 spiro atoms. The van der Waals surface area contributed by atoms with Crippen LogP contribution in [0.15, 0.2) is 239 Å². The molecule has 0 saturated carbocycles. The van der Waals surface area contributed by atoms with Crippen molar-refractivity contribution in [3.05, 3.63) is 303 Å². The van der Waals surface area contributed by atoms with E-state index in [4.69, 9.17) is 45.5 Å². The van der Waals surface area contributed by atoms with Crippen molar-refractivity contribution in [2.45, 2.75) is 111 Å². The van der Waals surface area contributed by atoms with E-state index in [2.05, 4.69) is 159 Å². The van der Waals surface area contributed by atoms with Crippen molar-refractivity contribution in [1.82, 2.24) is 9.78 Å². The van der Waals surface area contributed by atoms with E-state index >= 15 is 0 Å². The van der Waals surface area contributed by atoms with E-state index in [0.29, 0.717) is 31.8 Å². The molecule has 31 heteroatoms. The third-order valence-electron chi connectivity index (χ3n) is 14.5. The number of aromatic nitrogens is 2. The van der Waals surface area contributed by atoms with Crippen molar-refractivity contribution >= 4 is 144 Å². The van der Waals surface area contributed by atoms with Gasteiger partial charge >= 0.3 is 78.1 Å². The number of carbonyl (C=O) groups is 5. The van der Waals surface area contributed by atoms with Gasteiger partial charge in [-0.2, -0.15) is 22.4 Å². The number of rotatable bonds is 20. The zero-order valence-corrected chi connectivity index (χ0v) is 71.7. The van der Waals surface area contributed by atoms with E-state index in [1.165, 1.54) is 91.3 Å². The molecule has 21 nitrogen and oxygen atoms in total. The Morgan fingerprint density at radius 1 is 0.565 bits per heavy atom. The standard InChI is InChI=1S/C18H17BrN2O2S.C14H14O3S.C13H11ClO2S.C13H12O3S.C8H10S.C6H5NO5.C5H9BrN2.Li.Na.H2O.H/c1-11-6-4-5-7-14(11)10-24-16-9-8-15(23-16)18(22)21-13(3)17(19)12(2)20-21;1-10-5-3-4-6-11(10)9-18-13-8-7-12(17-13)14(15)16-2;2*1-9-4-2-3-5-10(9)8-17-12-7-6-11(16-12)13(14)15;1-7-4-2-3-5-8(7)6-9;1-11-6(8)4-2-3-5(12-4)7(9)10;1-3(7)5(6)4(2)8;;;;/h4-9H,10H2,1-3H3;3-8H,9H2,1-2H3;2-7H,8H2,1H3;2-7H,8H2,1H3,(H,14,15);2-5,9H,6H2,1H3;2-3H,1H3;7H,8H2,1-2H3;;;1H2;/q;;;;;;;2*+1;;-1/p-1/b;;;;;;5-4+,7-3?;;;;. The van der Waals surface area contributed by atoms with Gasteiger partial charge in [-0.1, -0.05) is 168 Å². The molecule has 108 heavy (non-hydrogen) atoms. The summed E-state index contributed by atoms with van der Waals surface area (Å²) < 4.78 is 37.8. The number of nitrogens with zero attached hydrogens (tertiary/aromatic N) is 3. The smallest absolute Gasteiger partial charge is 1.00 e. The molecule has 0 aliphatic carbocycles. The number of aromatic carboxylic acids is 1. The SMILES string of the molecule is CC(=N)/C(Br)=C(/C)N.COC(=O)c1ccc(SCc2ccccc2C)o1.COC(=O)c1ccc([N+](=O)[O-])o1.Cc1ccccc1CS.Cc1ccccc1CSc1ccc(C(=O)Cl)o1.Cc1ccccc1CSc1ccc(C(=O)O)o1.Cc1ccccc1CSc1ccc(C(=O)n2nc(C)c(Br)c2C)o1.[H-].[Li+].[Na+].[OH-]. The molecule has 0 aliphatic rings. The van der Waals surface area contributed by atoms with Gasteiger partial charge in [0.05, 0.1) is 40.6 Å². The number of methoxy groups -OCH3 is 2. The van der Waals surface area contributed by atoms with E-state index in [1.54, 1.807) is 85.5 Å². The second-order valence-electron chi connectivity index (χ2n) is 22.2. The number of furan rings is 5. The molecule has 0 atom stereocenters. The Morgan fingerprint density at radius 3 is 1.15 bits per heavy atom. The average Bonchev–Trinajstić information content (AvgIpc) is 1.66. The van der Waals surface area contributed by atoms with Crippen LogP contribution < -0.4 is 54.2 Å². The zero-order chi connectivity index (χ0) is 77.3. The maximum Gasteiger partial charge on any atom is 1.00 e. The first-order valence-corrected chi connectivity index (χ1v) is 38.1. The third kappa shape index (κ3) is 32.3. The van der Waals surface area contributed by atoms with Crippen LogP contribution >= 0.6 is 103 Å². The summed E-state index contributed by atoms with van der Waals surface area (Å²) >= 11 is 22.2. The number of allylic oxidation sites excluding steroid dienone is 2. The van der Waals surface area contributed by atoms with Crippen LogP contribution in [0.2, 0.25) is 0 Å². The molecule has 5 aromatic carbocycles. The molecule has 0 fully saturated rings. The van der Waals surface area contributed by atoms with Crippen LogP contribution in [0.5, 0.6) is 0 Å². The van der Waals surface area contributed by atoms with Crippen LogP contribution in [0.25, 0.3) is 0 Å². The van der Waals surface area contributed by atoms with E-state index in [9.17, 15) is 34.1 Å². The quantitative estimate of drug-likeness (QED) is 0.00805. The molecule has 562 valence electrons. The maximum absolute atomic E-state index is 12.6. The van der Waals surface area contributed by atoms with Gasteiger partial charge in [0.15, 0.2) is 31.9 Å². The first-order chi connectivity index (χ1) is 50.0. The number of hydrogen-bond acceptors (Lipinski definition) is 23. The van der Waals surface area contributed by atoms with Crippen molar-refractivity contribution in [1.29, 1.82) is 5.41 Å². The van der Waals surface area contributed by atoms with Gasteiger partial charge < -0.3 is 54.7 Å². The number of ether oxygens (including phenoxy) is 2. The molecular formula is C77H80Br2ClLiN5NaO16S5. The summed E-state index contributed by atoms with van der Waals surface area (Å²) in [6.45, 7) is 17.5. The fourth-order valence-electron chi connectivity index (χ4n) is 8.47. The maximum atomic E-state index is 12.6. The zero-order valence-electron chi connectivity index (χ0n) is 62.6. The van der Waals surface area contributed by atoms with Gasteiger partial charge in [-0.25, -0.2) is 14.4 Å². The van der Waals surface area contributed by atoms with Crippen molar-refractivity contribution in [2.75, 3.05) is 14.2 Å². The topological polar surface area (TPSA) is 331 Å². The van der Waals surface area contributed by atoms with Crippen molar-refractivity contribution < 1.29 is 121 Å². The minimum Gasteiger partial charge on any atom is -1.00 e. The molecule has 0 bridgehead atoms. The van der Waals surface area contributed by atoms with Gasteiger partial charge in [0, 0.05) is 40.2 Å². The number of esters is 2. The number of halogens is 3. The number of nitrogens with one attached hydrogen (secondary N) is 1. The summed E-state index contributed by atoms with van der Waals surface area (Å²) in [5.41, 5.74) is 20.6. The minimum atomic E-state index is -1.03. The second-order valence-corrected chi connectivity index (χ2v) is 28.4. The number of nitrogens with two attached hydrogens (primary N) is 1.